The summed E-state index contributed by atoms with van der Waals surface area (Å²) in [6.07, 6.45) is 2.88. The van der Waals surface area contributed by atoms with Gasteiger partial charge in [0.05, 0.1) is 12.2 Å². The molecule has 1 saturated heterocycles. The van der Waals surface area contributed by atoms with Crippen molar-refractivity contribution in [2.75, 3.05) is 6.61 Å². The minimum Gasteiger partial charge on any atom is -0.462 e. The van der Waals surface area contributed by atoms with Crippen molar-refractivity contribution in [1.29, 1.82) is 0 Å². The van der Waals surface area contributed by atoms with Crippen LogP contribution < -0.4 is 0 Å². The smallest absolute Gasteiger partial charge is 0.338 e. The first kappa shape index (κ1) is 41.9. The quantitative estimate of drug-likeness (QED) is 0.154. The molecule has 5 aliphatic rings. The van der Waals surface area contributed by atoms with Crippen LogP contribution in [0.1, 0.15) is 125 Å². The van der Waals surface area contributed by atoms with Gasteiger partial charge < -0.3 is 28.4 Å². The van der Waals surface area contributed by atoms with Crippen LogP contribution in [-0.4, -0.2) is 72.6 Å². The normalized spacial score (nSPS) is 39.6. The molecule has 308 valence electrons. The molecule has 3 saturated carbocycles. The minimum atomic E-state index is -0.903. The number of esters is 5. The predicted octanol–water partition coefficient (Wildman–Crippen LogP) is 7.58. The Morgan fingerprint density at radius 2 is 1.29 bits per heavy atom. The van der Waals surface area contributed by atoms with Crippen molar-refractivity contribution in [1.82, 2.24) is 0 Å². The second-order valence-corrected chi connectivity index (χ2v) is 19.0. The summed E-state index contributed by atoms with van der Waals surface area (Å²) < 4.78 is 37.3. The average Bonchev–Trinajstić information content (AvgIpc) is 3.40. The summed E-state index contributed by atoms with van der Waals surface area (Å²) in [5.41, 5.74) is -1.31. The number of carbonyl (C=O) groups is 5. The van der Waals surface area contributed by atoms with Crippen molar-refractivity contribution in [2.45, 2.75) is 151 Å². The fourth-order valence-electron chi connectivity index (χ4n) is 12.6. The highest BCUT2D eigenvalue weighted by atomic mass is 16.6. The van der Waals surface area contributed by atoms with Crippen molar-refractivity contribution in [3.05, 3.63) is 47.5 Å². The number of allylic oxidation sites excluding steroid dienone is 1. The lowest BCUT2D eigenvalue weighted by atomic mass is 9.36. The molecule has 56 heavy (non-hydrogen) atoms. The first-order chi connectivity index (χ1) is 26.1. The molecule has 1 aromatic rings. The molecule has 11 nitrogen and oxygen atoms in total. The first-order valence-corrected chi connectivity index (χ1v) is 20.4. The molecule has 4 fully saturated rings. The van der Waals surface area contributed by atoms with Crippen LogP contribution in [0.15, 0.2) is 42.0 Å². The number of hydrogen-bond acceptors (Lipinski definition) is 11. The summed E-state index contributed by atoms with van der Waals surface area (Å²) in [4.78, 5) is 64.1. The van der Waals surface area contributed by atoms with E-state index in [-0.39, 0.29) is 35.1 Å². The van der Waals surface area contributed by atoms with E-state index in [4.69, 9.17) is 28.4 Å². The number of benzene rings is 1. The number of ether oxygens (including phenoxy) is 6. The predicted molar refractivity (Wildman–Crippen MR) is 206 cm³/mol. The van der Waals surface area contributed by atoms with Crippen LogP contribution in [0.3, 0.4) is 0 Å². The van der Waals surface area contributed by atoms with Crippen molar-refractivity contribution in [3.8, 4) is 0 Å². The fraction of sp³-hybridized carbons (Fsp3) is 0.711. The van der Waals surface area contributed by atoms with Gasteiger partial charge in [-0.05, 0) is 87.2 Å². The van der Waals surface area contributed by atoms with Crippen LogP contribution in [0, 0.1) is 45.3 Å². The van der Waals surface area contributed by atoms with E-state index in [1.165, 1.54) is 33.3 Å². The molecule has 0 amide bonds. The molecule has 0 bridgehead atoms. The van der Waals surface area contributed by atoms with E-state index in [1.807, 2.05) is 19.9 Å². The summed E-state index contributed by atoms with van der Waals surface area (Å²) in [6.45, 7) is 20.8. The van der Waals surface area contributed by atoms with Crippen molar-refractivity contribution >= 4 is 29.8 Å². The second kappa shape index (κ2) is 14.9. The van der Waals surface area contributed by atoms with Gasteiger partial charge in [0.1, 0.15) is 30.0 Å². The molecule has 1 aromatic carbocycles. The maximum absolute atomic E-state index is 13.5. The van der Waals surface area contributed by atoms with Gasteiger partial charge in [-0.1, -0.05) is 64.5 Å². The van der Waals surface area contributed by atoms with E-state index in [0.29, 0.717) is 31.4 Å². The highest BCUT2D eigenvalue weighted by Crippen LogP contribution is 2.74. The van der Waals surface area contributed by atoms with E-state index < -0.39 is 76.2 Å². The lowest BCUT2D eigenvalue weighted by molar-refractivity contribution is -0.259. The number of hydrogen-bond donors (Lipinski definition) is 0. The Balaban J connectivity index is 1.38. The standard InChI is InChI=1S/C45H62O11/c1-25(46)52-32-21-30(24-51-42(7,8)39(32)55-28(4)49)31-17-18-33-43(31,9)20-19-34-44(33,10)37(53-26(2)47)22-35-41(5,6)36(23-38(45(34,35)11)54-27(3)48)56-40(50)29-15-13-12-14-16-29/h12-16,18,30-32,34-39H,17,19-24H2,1-11H3/t30-,31+,32-,34+,35+,36-,37-,38+,39+,43+,44+,45-/m1/s1. The molecule has 12 atom stereocenters. The van der Waals surface area contributed by atoms with E-state index in [9.17, 15) is 24.0 Å². The Morgan fingerprint density at radius 1 is 0.679 bits per heavy atom. The van der Waals surface area contributed by atoms with Crippen molar-refractivity contribution in [3.63, 3.8) is 0 Å². The average molecular weight is 779 g/mol. The van der Waals surface area contributed by atoms with E-state index in [1.54, 1.807) is 24.3 Å². The summed E-state index contributed by atoms with van der Waals surface area (Å²) >= 11 is 0. The van der Waals surface area contributed by atoms with Gasteiger partial charge in [-0.25, -0.2) is 4.79 Å². The van der Waals surface area contributed by atoms with Crippen LogP contribution in [0.2, 0.25) is 0 Å². The maximum Gasteiger partial charge on any atom is 0.338 e. The Bertz CT molecular complexity index is 1750. The molecular weight excluding hydrogens is 716 g/mol. The summed E-state index contributed by atoms with van der Waals surface area (Å²) in [7, 11) is 0. The van der Waals surface area contributed by atoms with Crippen molar-refractivity contribution in [2.24, 2.45) is 45.3 Å². The Morgan fingerprint density at radius 3 is 1.89 bits per heavy atom. The lowest BCUT2D eigenvalue weighted by Crippen LogP contribution is -2.70. The molecule has 0 spiro atoms. The van der Waals surface area contributed by atoms with Crippen LogP contribution >= 0.6 is 0 Å². The minimum absolute atomic E-state index is 0.0420. The Kier molecular flexibility index (Phi) is 11.1. The van der Waals surface area contributed by atoms with Gasteiger partial charge in [0.15, 0.2) is 6.10 Å². The summed E-state index contributed by atoms with van der Waals surface area (Å²) in [5, 5.41) is 0. The SMILES string of the molecule is CC(=O)O[C@H]1C[C@@H](OC(=O)c2ccccc2)C(C)(C)[C@@H]2C[C@@H](OC(C)=O)[C@@]3(C)C4=CC[C@@H]([C@H]5COC(C)(C)[C@@H](OC(C)=O)[C@H](OC(C)=O)C5)[C@]4(C)CC[C@@H]3[C@@]12C. The molecular formula is C45H62O11. The van der Waals surface area contributed by atoms with Gasteiger partial charge in [-0.2, -0.15) is 0 Å². The zero-order valence-electron chi connectivity index (χ0n) is 35.1. The molecule has 0 unspecified atom stereocenters. The molecule has 6 rings (SSSR count). The number of fused-ring (bicyclic) bond motifs is 5. The molecule has 0 N–H and O–H groups in total. The van der Waals surface area contributed by atoms with Gasteiger partial charge in [0, 0.05) is 50.4 Å². The van der Waals surface area contributed by atoms with Gasteiger partial charge >= 0.3 is 29.8 Å². The van der Waals surface area contributed by atoms with Gasteiger partial charge in [-0.3, -0.25) is 19.2 Å². The molecule has 4 aliphatic carbocycles. The Hall–Kier alpha value is -3.73. The molecule has 0 radical (unpaired) electrons. The Labute approximate surface area is 331 Å². The third-order valence-electron chi connectivity index (χ3n) is 15.0. The molecule has 11 heteroatoms. The van der Waals surface area contributed by atoms with Crippen LogP contribution in [0.5, 0.6) is 0 Å². The molecule has 1 aliphatic heterocycles. The number of rotatable bonds is 7. The number of carbonyl (C=O) groups excluding carboxylic acids is 5. The van der Waals surface area contributed by atoms with E-state index in [0.717, 1.165) is 19.3 Å². The van der Waals surface area contributed by atoms with Gasteiger partial charge in [-0.15, -0.1) is 0 Å². The third-order valence-corrected chi connectivity index (χ3v) is 15.0. The second-order valence-electron chi connectivity index (χ2n) is 19.0. The zero-order valence-corrected chi connectivity index (χ0v) is 35.1. The maximum atomic E-state index is 13.5. The highest BCUT2D eigenvalue weighted by Gasteiger charge is 2.73. The van der Waals surface area contributed by atoms with E-state index in [2.05, 4.69) is 40.7 Å². The zero-order chi connectivity index (χ0) is 41.2. The van der Waals surface area contributed by atoms with Crippen LogP contribution in [0.4, 0.5) is 0 Å². The summed E-state index contributed by atoms with van der Waals surface area (Å²) in [6, 6.07) is 8.90. The van der Waals surface area contributed by atoms with Gasteiger partial charge in [0.25, 0.3) is 0 Å². The van der Waals surface area contributed by atoms with E-state index >= 15 is 0 Å². The van der Waals surface area contributed by atoms with Gasteiger partial charge in [0.2, 0.25) is 0 Å². The monoisotopic (exact) mass is 778 g/mol. The highest BCUT2D eigenvalue weighted by molar-refractivity contribution is 5.89. The molecule has 1 heterocycles. The molecule has 0 aromatic heterocycles. The van der Waals surface area contributed by atoms with Crippen molar-refractivity contribution < 1.29 is 52.4 Å². The largest absolute Gasteiger partial charge is 0.462 e. The fourth-order valence-corrected chi connectivity index (χ4v) is 12.6. The lowest BCUT2D eigenvalue weighted by Gasteiger charge is -2.70. The van der Waals surface area contributed by atoms with Crippen LogP contribution in [0.25, 0.3) is 0 Å². The summed E-state index contributed by atoms with van der Waals surface area (Å²) in [5.74, 6) is -2.25. The van der Waals surface area contributed by atoms with Crippen LogP contribution in [-0.2, 0) is 47.6 Å². The first-order valence-electron chi connectivity index (χ1n) is 20.4. The third kappa shape index (κ3) is 7.08. The topological polar surface area (TPSA) is 141 Å².